The van der Waals surface area contributed by atoms with Gasteiger partial charge in [0, 0.05) is 6.04 Å². The highest BCUT2D eigenvalue weighted by atomic mass is 16.5. The smallest absolute Gasteiger partial charge is 0.257 e. The molecule has 0 spiro atoms. The zero-order valence-electron chi connectivity index (χ0n) is 10.7. The molecule has 1 aliphatic carbocycles. The highest BCUT2D eigenvalue weighted by molar-refractivity contribution is 5.96. The maximum atomic E-state index is 12.2. The average molecular weight is 236 g/mol. The first-order valence-corrected chi connectivity index (χ1v) is 6.37. The Morgan fingerprint density at radius 2 is 2.29 bits per heavy atom. The zero-order chi connectivity index (χ0) is 12.4. The average Bonchev–Trinajstić information content (AvgIpc) is 2.84. The lowest BCUT2D eigenvalue weighted by molar-refractivity contribution is 0.0935. The molecule has 1 fully saturated rings. The summed E-state index contributed by atoms with van der Waals surface area (Å²) in [5.74, 6) is 1.31. The predicted molar refractivity (Wildman–Crippen MR) is 64.9 cm³/mol. The van der Waals surface area contributed by atoms with Gasteiger partial charge in [-0.3, -0.25) is 4.79 Å². The molecule has 2 unspecified atom stereocenters. The van der Waals surface area contributed by atoms with Crippen LogP contribution in [0.1, 0.15) is 54.9 Å². The van der Waals surface area contributed by atoms with Crippen LogP contribution in [0, 0.1) is 12.8 Å². The van der Waals surface area contributed by atoms with Gasteiger partial charge in [0.25, 0.3) is 5.91 Å². The van der Waals surface area contributed by atoms with E-state index in [0.717, 1.165) is 30.9 Å². The molecule has 1 saturated carbocycles. The number of nitrogens with one attached hydrogen (secondary N) is 1. The molecule has 1 aromatic heterocycles. The van der Waals surface area contributed by atoms with Crippen molar-refractivity contribution in [1.82, 2.24) is 10.5 Å². The molecule has 1 aromatic rings. The van der Waals surface area contributed by atoms with Crippen molar-refractivity contribution in [3.05, 3.63) is 17.0 Å². The Kier molecular flexibility index (Phi) is 3.50. The summed E-state index contributed by atoms with van der Waals surface area (Å²) >= 11 is 0. The molecule has 0 bridgehead atoms. The Hall–Kier alpha value is -1.32. The van der Waals surface area contributed by atoms with Crippen LogP contribution in [0.4, 0.5) is 0 Å². The Morgan fingerprint density at radius 1 is 1.53 bits per heavy atom. The van der Waals surface area contributed by atoms with Crippen LogP contribution in [0.15, 0.2) is 4.52 Å². The molecule has 2 rings (SSSR count). The van der Waals surface area contributed by atoms with E-state index >= 15 is 0 Å². The summed E-state index contributed by atoms with van der Waals surface area (Å²) in [5.41, 5.74) is 1.39. The third-order valence-electron chi connectivity index (χ3n) is 3.53. The number of carbonyl (C=O) groups excluding carboxylic acids is 1. The van der Waals surface area contributed by atoms with Crippen LogP contribution in [-0.2, 0) is 6.42 Å². The Labute approximate surface area is 102 Å². The molecule has 0 radical (unpaired) electrons. The first-order chi connectivity index (χ1) is 8.11. The summed E-state index contributed by atoms with van der Waals surface area (Å²) in [4.78, 5) is 12.2. The fraction of sp³-hybridized carbons (Fsp3) is 0.692. The van der Waals surface area contributed by atoms with E-state index in [1.54, 1.807) is 6.92 Å². The summed E-state index contributed by atoms with van der Waals surface area (Å²) in [6, 6.07) is 0.316. The zero-order valence-corrected chi connectivity index (χ0v) is 10.7. The number of rotatable bonds is 3. The van der Waals surface area contributed by atoms with Gasteiger partial charge in [0.1, 0.15) is 11.3 Å². The normalized spacial score (nSPS) is 23.9. The van der Waals surface area contributed by atoms with Crippen molar-refractivity contribution in [3.8, 4) is 0 Å². The number of amides is 1. The van der Waals surface area contributed by atoms with Crippen LogP contribution in [0.3, 0.4) is 0 Å². The molecule has 1 aliphatic rings. The van der Waals surface area contributed by atoms with Gasteiger partial charge in [-0.15, -0.1) is 0 Å². The number of carbonyl (C=O) groups is 1. The van der Waals surface area contributed by atoms with Gasteiger partial charge in [0.15, 0.2) is 0 Å². The molecule has 0 aliphatic heterocycles. The number of hydrogen-bond acceptors (Lipinski definition) is 3. The lowest BCUT2D eigenvalue weighted by Gasteiger charge is -2.12. The van der Waals surface area contributed by atoms with Crippen molar-refractivity contribution in [1.29, 1.82) is 0 Å². The highest BCUT2D eigenvalue weighted by Crippen LogP contribution is 2.25. The van der Waals surface area contributed by atoms with E-state index < -0.39 is 0 Å². The number of hydrogen-bond donors (Lipinski definition) is 1. The van der Waals surface area contributed by atoms with Crippen molar-refractivity contribution >= 4 is 5.91 Å². The molecule has 17 heavy (non-hydrogen) atoms. The monoisotopic (exact) mass is 236 g/mol. The van der Waals surface area contributed by atoms with Crippen molar-refractivity contribution in [2.75, 3.05) is 0 Å². The van der Waals surface area contributed by atoms with Gasteiger partial charge in [-0.1, -0.05) is 19.0 Å². The lowest BCUT2D eigenvalue weighted by Crippen LogP contribution is -2.33. The van der Waals surface area contributed by atoms with Gasteiger partial charge in [0.05, 0.1) is 5.69 Å². The first-order valence-electron chi connectivity index (χ1n) is 6.37. The van der Waals surface area contributed by atoms with Gasteiger partial charge in [-0.25, -0.2) is 0 Å². The van der Waals surface area contributed by atoms with Crippen LogP contribution in [0.25, 0.3) is 0 Å². The van der Waals surface area contributed by atoms with Crippen LogP contribution in [0.2, 0.25) is 0 Å². The summed E-state index contributed by atoms with van der Waals surface area (Å²) in [6.45, 7) is 6.00. The maximum Gasteiger partial charge on any atom is 0.257 e. The summed E-state index contributed by atoms with van der Waals surface area (Å²) in [7, 11) is 0. The van der Waals surface area contributed by atoms with Gasteiger partial charge in [-0.05, 0) is 38.5 Å². The Balaban J connectivity index is 2.06. The van der Waals surface area contributed by atoms with Crippen LogP contribution >= 0.6 is 0 Å². The van der Waals surface area contributed by atoms with E-state index in [4.69, 9.17) is 4.52 Å². The first kappa shape index (κ1) is 12.1. The number of aromatic nitrogens is 1. The molecule has 4 heteroatoms. The van der Waals surface area contributed by atoms with E-state index in [0.29, 0.717) is 17.4 Å². The second-order valence-electron chi connectivity index (χ2n) is 5.00. The molecular weight excluding hydrogens is 216 g/mol. The molecule has 94 valence electrons. The third kappa shape index (κ3) is 2.51. The van der Waals surface area contributed by atoms with Gasteiger partial charge in [0.2, 0.25) is 0 Å². The van der Waals surface area contributed by atoms with Gasteiger partial charge < -0.3 is 9.84 Å². The summed E-state index contributed by atoms with van der Waals surface area (Å²) in [5, 5.41) is 7.00. The minimum absolute atomic E-state index is 0.0281. The SMILES string of the molecule is CCc1noc(C)c1C(=O)NC1CCC(C)C1. The van der Waals surface area contributed by atoms with Crippen molar-refractivity contribution in [2.24, 2.45) is 5.92 Å². The Bertz CT molecular complexity index is 412. The quantitative estimate of drug-likeness (QED) is 0.877. The lowest BCUT2D eigenvalue weighted by atomic mass is 10.1. The second-order valence-corrected chi connectivity index (χ2v) is 5.00. The minimum Gasteiger partial charge on any atom is -0.361 e. The standard InChI is InChI=1S/C13H20N2O2/c1-4-11-12(9(3)17-15-11)13(16)14-10-6-5-8(2)7-10/h8,10H,4-7H2,1-3H3,(H,14,16). The van der Waals surface area contributed by atoms with Crippen molar-refractivity contribution in [2.45, 2.75) is 52.5 Å². The second kappa shape index (κ2) is 4.90. The minimum atomic E-state index is -0.0281. The van der Waals surface area contributed by atoms with E-state index in [2.05, 4.69) is 17.4 Å². The summed E-state index contributed by atoms with van der Waals surface area (Å²) in [6.07, 6.45) is 4.09. The van der Waals surface area contributed by atoms with Gasteiger partial charge in [-0.2, -0.15) is 0 Å². The molecule has 1 heterocycles. The van der Waals surface area contributed by atoms with Crippen LogP contribution in [-0.4, -0.2) is 17.1 Å². The van der Waals surface area contributed by atoms with Gasteiger partial charge >= 0.3 is 0 Å². The number of nitrogens with zero attached hydrogens (tertiary/aromatic N) is 1. The number of aryl methyl sites for hydroxylation is 2. The largest absolute Gasteiger partial charge is 0.361 e. The molecule has 1 amide bonds. The fourth-order valence-corrected chi connectivity index (χ4v) is 2.55. The molecule has 1 N–H and O–H groups in total. The Morgan fingerprint density at radius 3 is 2.88 bits per heavy atom. The molecule has 4 nitrogen and oxygen atoms in total. The predicted octanol–water partition coefficient (Wildman–Crippen LogP) is 2.46. The molecule has 0 saturated heterocycles. The van der Waals surface area contributed by atoms with E-state index in [9.17, 15) is 4.79 Å². The summed E-state index contributed by atoms with van der Waals surface area (Å²) < 4.78 is 5.08. The van der Waals surface area contributed by atoms with E-state index in [1.807, 2.05) is 6.92 Å². The van der Waals surface area contributed by atoms with Crippen molar-refractivity contribution in [3.63, 3.8) is 0 Å². The van der Waals surface area contributed by atoms with Crippen molar-refractivity contribution < 1.29 is 9.32 Å². The van der Waals surface area contributed by atoms with E-state index in [1.165, 1.54) is 6.42 Å². The highest BCUT2D eigenvalue weighted by Gasteiger charge is 2.26. The maximum absolute atomic E-state index is 12.2. The topological polar surface area (TPSA) is 55.1 Å². The molecular formula is C13H20N2O2. The van der Waals surface area contributed by atoms with Crippen LogP contribution < -0.4 is 5.32 Å². The van der Waals surface area contributed by atoms with Crippen LogP contribution in [0.5, 0.6) is 0 Å². The fourth-order valence-electron chi connectivity index (χ4n) is 2.55. The molecule has 2 atom stereocenters. The van der Waals surface area contributed by atoms with E-state index in [-0.39, 0.29) is 5.91 Å². The third-order valence-corrected chi connectivity index (χ3v) is 3.53. The molecule has 0 aromatic carbocycles.